The minimum absolute atomic E-state index is 0.0505. The molecule has 1 N–H and O–H groups in total. The molecule has 2 aliphatic rings. The minimum Gasteiger partial charge on any atom is -0.481 e. The van der Waals surface area contributed by atoms with Crippen LogP contribution < -0.4 is 4.90 Å². The lowest BCUT2D eigenvalue weighted by atomic mass is 10.1. The Labute approximate surface area is 162 Å². The quantitative estimate of drug-likeness (QED) is 0.766. The van der Waals surface area contributed by atoms with E-state index in [1.54, 1.807) is 0 Å². The van der Waals surface area contributed by atoms with Gasteiger partial charge in [0, 0.05) is 23.8 Å². The zero-order valence-electron chi connectivity index (χ0n) is 15.0. The maximum Gasteiger partial charge on any atom is 0.303 e. The number of carbonyl (C=O) groups is 2. The maximum atomic E-state index is 12.2. The number of thioether (sulfide) groups is 1. The average molecular weight is 411 g/mol. The first-order valence-corrected chi connectivity index (χ1v) is 11.6. The first-order valence-electron chi connectivity index (χ1n) is 8.88. The second-order valence-corrected chi connectivity index (χ2v) is 10.0. The van der Waals surface area contributed by atoms with E-state index in [0.29, 0.717) is 5.17 Å². The Bertz CT molecular complexity index is 881. The summed E-state index contributed by atoms with van der Waals surface area (Å²) in [4.78, 5) is 28.9. The maximum absolute atomic E-state index is 12.2. The van der Waals surface area contributed by atoms with E-state index in [1.807, 2.05) is 36.1 Å². The summed E-state index contributed by atoms with van der Waals surface area (Å²) in [6.45, 7) is 2.03. The molecule has 3 rings (SSSR count). The van der Waals surface area contributed by atoms with Crippen molar-refractivity contribution in [2.75, 3.05) is 16.4 Å². The molecule has 0 unspecified atom stereocenters. The van der Waals surface area contributed by atoms with Gasteiger partial charge in [0.05, 0.1) is 17.5 Å². The topological polar surface area (TPSA) is 104 Å². The number of carboxylic acid groups (broad SMARTS) is 1. The summed E-state index contributed by atoms with van der Waals surface area (Å²) in [5.41, 5.74) is 1.95. The molecule has 0 spiro atoms. The number of benzene rings is 1. The van der Waals surface area contributed by atoms with Crippen LogP contribution in [0.3, 0.4) is 0 Å². The smallest absolute Gasteiger partial charge is 0.303 e. The monoisotopic (exact) mass is 410 g/mol. The molecule has 1 aromatic carbocycles. The summed E-state index contributed by atoms with van der Waals surface area (Å²) in [7, 11) is -3.11. The van der Waals surface area contributed by atoms with Crippen LogP contribution in [-0.4, -0.2) is 53.4 Å². The van der Waals surface area contributed by atoms with Crippen molar-refractivity contribution in [3.8, 4) is 0 Å². The molecule has 1 aromatic rings. The Morgan fingerprint density at radius 2 is 2.00 bits per heavy atom. The Morgan fingerprint density at radius 1 is 1.26 bits per heavy atom. The van der Waals surface area contributed by atoms with Gasteiger partial charge in [-0.05, 0) is 24.5 Å². The number of amides is 1. The van der Waals surface area contributed by atoms with Gasteiger partial charge in [0.1, 0.15) is 0 Å². The number of carboxylic acids is 1. The van der Waals surface area contributed by atoms with Crippen LogP contribution in [0, 0.1) is 0 Å². The number of anilines is 1. The van der Waals surface area contributed by atoms with Crippen molar-refractivity contribution in [3.05, 3.63) is 29.8 Å². The van der Waals surface area contributed by atoms with Crippen molar-refractivity contribution in [3.63, 3.8) is 0 Å². The number of fused-ring (bicyclic) bond motifs is 1. The van der Waals surface area contributed by atoms with Gasteiger partial charge in [-0.2, -0.15) is 4.99 Å². The van der Waals surface area contributed by atoms with Gasteiger partial charge in [0.2, 0.25) is 5.91 Å². The minimum atomic E-state index is -3.11. The number of hydrogen-bond donors (Lipinski definition) is 1. The predicted octanol–water partition coefficient (Wildman–Crippen LogP) is 2.11. The molecule has 0 radical (unpaired) electrons. The number of para-hydroxylation sites is 1. The normalized spacial score (nSPS) is 24.9. The van der Waals surface area contributed by atoms with E-state index < -0.39 is 15.8 Å². The van der Waals surface area contributed by atoms with Crippen molar-refractivity contribution in [2.24, 2.45) is 4.99 Å². The number of aryl methyl sites for hydroxylation is 1. The lowest BCUT2D eigenvalue weighted by Gasteiger charge is -2.26. The van der Waals surface area contributed by atoms with E-state index in [1.165, 1.54) is 11.8 Å². The highest BCUT2D eigenvalue weighted by Gasteiger charge is 2.49. The van der Waals surface area contributed by atoms with Gasteiger partial charge in [-0.3, -0.25) is 9.59 Å². The van der Waals surface area contributed by atoms with Crippen LogP contribution in [0.1, 0.15) is 31.7 Å². The van der Waals surface area contributed by atoms with Crippen molar-refractivity contribution >= 4 is 44.3 Å². The number of hydrogen-bond acceptors (Lipinski definition) is 5. The van der Waals surface area contributed by atoms with E-state index in [0.717, 1.165) is 17.7 Å². The third-order valence-electron chi connectivity index (χ3n) is 4.70. The van der Waals surface area contributed by atoms with Crippen LogP contribution >= 0.6 is 11.8 Å². The molecule has 146 valence electrons. The fourth-order valence-corrected chi connectivity index (χ4v) is 7.37. The van der Waals surface area contributed by atoms with Crippen molar-refractivity contribution in [1.29, 1.82) is 0 Å². The molecule has 7 nitrogen and oxygen atoms in total. The molecule has 2 fully saturated rings. The Kier molecular flexibility index (Phi) is 5.90. The van der Waals surface area contributed by atoms with Crippen LogP contribution in [0.4, 0.5) is 5.69 Å². The molecular weight excluding hydrogens is 388 g/mol. The second-order valence-electron chi connectivity index (χ2n) is 6.69. The van der Waals surface area contributed by atoms with E-state index in [-0.39, 0.29) is 48.0 Å². The van der Waals surface area contributed by atoms with Gasteiger partial charge in [-0.15, -0.1) is 0 Å². The Hall–Kier alpha value is -1.87. The van der Waals surface area contributed by atoms with Crippen molar-refractivity contribution in [1.82, 2.24) is 0 Å². The number of carbonyl (C=O) groups excluding carboxylic acids is 1. The van der Waals surface area contributed by atoms with Crippen LogP contribution in [0.5, 0.6) is 0 Å². The molecule has 2 atom stereocenters. The van der Waals surface area contributed by atoms with Gasteiger partial charge in [-0.1, -0.05) is 36.9 Å². The summed E-state index contributed by atoms with van der Waals surface area (Å²) in [6, 6.07) is 7.50. The van der Waals surface area contributed by atoms with Gasteiger partial charge in [0.25, 0.3) is 0 Å². The standard InChI is InChI=1S/C18H22N2O5S2/c1-2-12-6-3-4-7-13(12)20-14-10-27(24,25)11-15(14)26-18(20)19-16(21)8-5-9-17(22)23/h3-4,6-7,14-15H,2,5,8-11H2,1H3,(H,22,23)/t14-,15-/m0/s1. The Balaban J connectivity index is 1.90. The number of sulfone groups is 1. The summed E-state index contributed by atoms with van der Waals surface area (Å²) in [5, 5.41) is 9.07. The SMILES string of the molecule is CCc1ccccc1N1C(=NC(=O)CCCC(=O)O)S[C@H]2CS(=O)(=O)C[C@@H]21. The first kappa shape index (κ1) is 19.9. The number of aliphatic imine (C=N–C) groups is 1. The molecule has 0 aliphatic carbocycles. The summed E-state index contributed by atoms with van der Waals surface area (Å²) in [6.07, 6.45) is 1.01. The fraction of sp³-hybridized carbons (Fsp3) is 0.500. The summed E-state index contributed by atoms with van der Waals surface area (Å²) in [5.74, 6) is -1.18. The molecule has 0 bridgehead atoms. The zero-order chi connectivity index (χ0) is 19.6. The lowest BCUT2D eigenvalue weighted by Crippen LogP contribution is -2.38. The molecule has 2 heterocycles. The second kappa shape index (κ2) is 8.02. The fourth-order valence-electron chi connectivity index (χ4n) is 3.44. The van der Waals surface area contributed by atoms with E-state index in [2.05, 4.69) is 4.99 Å². The number of amidine groups is 1. The number of nitrogens with zero attached hydrogens (tertiary/aromatic N) is 2. The average Bonchev–Trinajstić information content (AvgIpc) is 3.05. The van der Waals surface area contributed by atoms with Gasteiger partial charge in [-0.25, -0.2) is 8.42 Å². The number of rotatable bonds is 6. The summed E-state index contributed by atoms with van der Waals surface area (Å²) < 4.78 is 24.2. The number of aliphatic carboxylic acids is 1. The highest BCUT2D eigenvalue weighted by molar-refractivity contribution is 8.16. The molecule has 0 aromatic heterocycles. The summed E-state index contributed by atoms with van der Waals surface area (Å²) >= 11 is 1.33. The molecular formula is C18H22N2O5S2. The van der Waals surface area contributed by atoms with E-state index in [9.17, 15) is 18.0 Å². The third-order valence-corrected chi connectivity index (χ3v) is 7.91. The first-order chi connectivity index (χ1) is 12.8. The van der Waals surface area contributed by atoms with Crippen LogP contribution in [0.25, 0.3) is 0 Å². The predicted molar refractivity (Wildman–Crippen MR) is 106 cm³/mol. The highest BCUT2D eigenvalue weighted by Crippen LogP contribution is 2.42. The molecule has 0 saturated carbocycles. The lowest BCUT2D eigenvalue weighted by molar-refractivity contribution is -0.137. The van der Waals surface area contributed by atoms with Crippen molar-refractivity contribution < 1.29 is 23.1 Å². The highest BCUT2D eigenvalue weighted by atomic mass is 32.2. The van der Waals surface area contributed by atoms with Crippen LogP contribution in [-0.2, 0) is 25.8 Å². The van der Waals surface area contributed by atoms with Crippen molar-refractivity contribution in [2.45, 2.75) is 43.9 Å². The largest absolute Gasteiger partial charge is 0.481 e. The third kappa shape index (κ3) is 4.52. The van der Waals surface area contributed by atoms with Crippen LogP contribution in [0.2, 0.25) is 0 Å². The molecule has 2 saturated heterocycles. The van der Waals surface area contributed by atoms with E-state index in [4.69, 9.17) is 5.11 Å². The molecule has 2 aliphatic heterocycles. The van der Waals surface area contributed by atoms with Gasteiger partial charge >= 0.3 is 5.97 Å². The molecule has 9 heteroatoms. The van der Waals surface area contributed by atoms with E-state index >= 15 is 0 Å². The zero-order valence-corrected chi connectivity index (χ0v) is 16.6. The Morgan fingerprint density at radius 3 is 2.70 bits per heavy atom. The molecule has 27 heavy (non-hydrogen) atoms. The van der Waals surface area contributed by atoms with Gasteiger partial charge < -0.3 is 10.0 Å². The molecule has 1 amide bonds. The van der Waals surface area contributed by atoms with Crippen LogP contribution in [0.15, 0.2) is 29.3 Å². The van der Waals surface area contributed by atoms with Gasteiger partial charge in [0.15, 0.2) is 15.0 Å².